The van der Waals surface area contributed by atoms with Gasteiger partial charge in [-0.05, 0) is 41.5 Å². The molecular weight excluding hydrogens is 316 g/mol. The summed E-state index contributed by atoms with van der Waals surface area (Å²) in [5.41, 5.74) is 0. The molecule has 1 fully saturated rings. The third kappa shape index (κ3) is 3.54. The minimum Gasteiger partial charge on any atom is -0.379 e. The minimum atomic E-state index is -0.0647. The van der Waals surface area contributed by atoms with Gasteiger partial charge in [0.25, 0.3) is 0 Å². The average Bonchev–Trinajstić information content (AvgIpc) is 2.97. The Kier molecular flexibility index (Phi) is 5.17. The van der Waals surface area contributed by atoms with Gasteiger partial charge < -0.3 is 15.4 Å². The number of ether oxygens (including phenoxy) is 1. The first-order valence-corrected chi connectivity index (χ1v) is 7.58. The van der Waals surface area contributed by atoms with Crippen molar-refractivity contribution < 1.29 is 9.53 Å². The van der Waals surface area contributed by atoms with Gasteiger partial charge in [-0.15, -0.1) is 11.3 Å². The van der Waals surface area contributed by atoms with E-state index in [4.69, 9.17) is 4.74 Å². The lowest BCUT2D eigenvalue weighted by molar-refractivity contribution is -0.125. The molecule has 1 aromatic rings. The Hall–Kier alpha value is -0.430. The highest BCUT2D eigenvalue weighted by Gasteiger charge is 2.32. The maximum Gasteiger partial charge on any atom is 0.227 e. The van der Waals surface area contributed by atoms with Crippen LogP contribution in [0.25, 0.3) is 0 Å². The number of likely N-dealkylation sites (N-methyl/N-ethyl adjacent to an activating group) is 1. The molecule has 1 aromatic heterocycles. The molecule has 1 aliphatic heterocycles. The van der Waals surface area contributed by atoms with Crippen molar-refractivity contribution >= 4 is 33.2 Å². The number of halogens is 1. The van der Waals surface area contributed by atoms with Crippen molar-refractivity contribution in [2.75, 3.05) is 26.8 Å². The quantitative estimate of drug-likeness (QED) is 0.857. The Morgan fingerprint density at radius 1 is 1.56 bits per heavy atom. The molecule has 100 valence electrons. The van der Waals surface area contributed by atoms with Gasteiger partial charge in [0.1, 0.15) is 0 Å². The third-order valence-electron chi connectivity index (χ3n) is 3.09. The molecule has 0 spiro atoms. The first kappa shape index (κ1) is 14.0. The smallest absolute Gasteiger partial charge is 0.227 e. The standard InChI is InChI=1S/C12H17BrN2O2S/c1-14-10-7-17-6-9(10)12(16)15-5-4-8-2-3-11(13)18-8/h2-3,9-10,14H,4-7H2,1H3,(H,15,16). The number of thiophene rings is 1. The van der Waals surface area contributed by atoms with Gasteiger partial charge in [-0.25, -0.2) is 0 Å². The zero-order valence-corrected chi connectivity index (χ0v) is 12.6. The molecule has 0 radical (unpaired) electrons. The van der Waals surface area contributed by atoms with Crippen LogP contribution in [0.1, 0.15) is 4.88 Å². The van der Waals surface area contributed by atoms with E-state index in [1.807, 2.05) is 13.1 Å². The van der Waals surface area contributed by atoms with Crippen molar-refractivity contribution in [3.8, 4) is 0 Å². The van der Waals surface area contributed by atoms with Gasteiger partial charge >= 0.3 is 0 Å². The summed E-state index contributed by atoms with van der Waals surface area (Å²) in [7, 11) is 1.86. The number of rotatable bonds is 5. The molecule has 0 saturated carbocycles. The summed E-state index contributed by atoms with van der Waals surface area (Å²) in [6.45, 7) is 1.81. The van der Waals surface area contributed by atoms with Crippen molar-refractivity contribution in [2.24, 2.45) is 5.92 Å². The SMILES string of the molecule is CNC1COCC1C(=O)NCCc1ccc(Br)s1. The first-order valence-electron chi connectivity index (χ1n) is 5.97. The number of hydrogen-bond acceptors (Lipinski definition) is 4. The molecule has 2 unspecified atom stereocenters. The van der Waals surface area contributed by atoms with Crippen LogP contribution in [0.15, 0.2) is 15.9 Å². The van der Waals surface area contributed by atoms with Crippen molar-refractivity contribution in [1.82, 2.24) is 10.6 Å². The zero-order chi connectivity index (χ0) is 13.0. The fourth-order valence-corrected chi connectivity index (χ4v) is 3.51. The lowest BCUT2D eigenvalue weighted by Crippen LogP contribution is -2.43. The summed E-state index contributed by atoms with van der Waals surface area (Å²) in [4.78, 5) is 13.2. The number of amides is 1. The van der Waals surface area contributed by atoms with Crippen molar-refractivity contribution in [3.05, 3.63) is 20.8 Å². The molecule has 0 bridgehead atoms. The van der Waals surface area contributed by atoms with E-state index in [0.717, 1.165) is 10.2 Å². The highest BCUT2D eigenvalue weighted by atomic mass is 79.9. The van der Waals surface area contributed by atoms with Crippen LogP contribution in [0, 0.1) is 5.92 Å². The van der Waals surface area contributed by atoms with Crippen LogP contribution in [0.2, 0.25) is 0 Å². The van der Waals surface area contributed by atoms with E-state index in [-0.39, 0.29) is 17.9 Å². The third-order valence-corrected chi connectivity index (χ3v) is 4.77. The van der Waals surface area contributed by atoms with Crippen molar-refractivity contribution in [2.45, 2.75) is 12.5 Å². The van der Waals surface area contributed by atoms with Gasteiger partial charge in [-0.2, -0.15) is 0 Å². The highest BCUT2D eigenvalue weighted by Crippen LogP contribution is 2.22. The van der Waals surface area contributed by atoms with Gasteiger partial charge in [0.2, 0.25) is 5.91 Å². The zero-order valence-electron chi connectivity index (χ0n) is 10.2. The number of nitrogens with one attached hydrogen (secondary N) is 2. The topological polar surface area (TPSA) is 50.4 Å². The van der Waals surface area contributed by atoms with E-state index in [1.165, 1.54) is 4.88 Å². The van der Waals surface area contributed by atoms with E-state index in [0.29, 0.717) is 19.8 Å². The molecular formula is C12H17BrN2O2S. The van der Waals surface area contributed by atoms with Gasteiger partial charge in [-0.3, -0.25) is 4.79 Å². The number of hydrogen-bond donors (Lipinski definition) is 2. The van der Waals surface area contributed by atoms with Crippen LogP contribution in [0.5, 0.6) is 0 Å². The maximum absolute atomic E-state index is 12.0. The largest absolute Gasteiger partial charge is 0.379 e. The second-order valence-electron chi connectivity index (χ2n) is 4.29. The minimum absolute atomic E-state index is 0.0647. The van der Waals surface area contributed by atoms with Crippen LogP contribution in [-0.2, 0) is 16.0 Å². The fraction of sp³-hybridized carbons (Fsp3) is 0.583. The average molecular weight is 333 g/mol. The monoisotopic (exact) mass is 332 g/mol. The summed E-state index contributed by atoms with van der Waals surface area (Å²) in [6.07, 6.45) is 0.875. The van der Waals surface area contributed by atoms with Crippen LogP contribution < -0.4 is 10.6 Å². The van der Waals surface area contributed by atoms with Crippen molar-refractivity contribution in [1.29, 1.82) is 0 Å². The molecule has 2 rings (SSSR count). The van der Waals surface area contributed by atoms with E-state index in [1.54, 1.807) is 11.3 Å². The summed E-state index contributed by atoms with van der Waals surface area (Å²) in [5, 5.41) is 6.10. The van der Waals surface area contributed by atoms with Crippen molar-refractivity contribution in [3.63, 3.8) is 0 Å². The number of carbonyl (C=O) groups is 1. The summed E-state index contributed by atoms with van der Waals surface area (Å²) in [6, 6.07) is 4.25. The highest BCUT2D eigenvalue weighted by molar-refractivity contribution is 9.11. The Morgan fingerprint density at radius 3 is 3.06 bits per heavy atom. The van der Waals surface area contributed by atoms with Crippen LogP contribution >= 0.6 is 27.3 Å². The molecule has 1 saturated heterocycles. The summed E-state index contributed by atoms with van der Waals surface area (Å²) >= 11 is 5.14. The molecule has 0 aliphatic carbocycles. The Balaban J connectivity index is 1.74. The lowest BCUT2D eigenvalue weighted by atomic mass is 10.0. The Morgan fingerprint density at radius 2 is 2.39 bits per heavy atom. The van der Waals surface area contributed by atoms with Gasteiger partial charge in [0.05, 0.1) is 22.9 Å². The van der Waals surface area contributed by atoms with Crippen LogP contribution in [0.3, 0.4) is 0 Å². The molecule has 1 amide bonds. The van der Waals surface area contributed by atoms with E-state index >= 15 is 0 Å². The van der Waals surface area contributed by atoms with Crippen LogP contribution in [0.4, 0.5) is 0 Å². The predicted octanol–water partition coefficient (Wildman–Crippen LogP) is 1.40. The molecule has 2 atom stereocenters. The first-order chi connectivity index (χ1) is 8.70. The second kappa shape index (κ2) is 6.65. The van der Waals surface area contributed by atoms with E-state index in [9.17, 15) is 4.79 Å². The summed E-state index contributed by atoms with van der Waals surface area (Å²) in [5.74, 6) is 0.0209. The second-order valence-corrected chi connectivity index (χ2v) is 6.83. The van der Waals surface area contributed by atoms with Gasteiger partial charge in [0.15, 0.2) is 0 Å². The normalized spacial score (nSPS) is 23.2. The molecule has 2 heterocycles. The van der Waals surface area contributed by atoms with Gasteiger partial charge in [0, 0.05) is 17.5 Å². The Bertz CT molecular complexity index is 411. The fourth-order valence-electron chi connectivity index (χ4n) is 2.02. The van der Waals surface area contributed by atoms with E-state index < -0.39 is 0 Å². The molecule has 6 heteroatoms. The predicted molar refractivity (Wildman–Crippen MR) is 75.9 cm³/mol. The van der Waals surface area contributed by atoms with Gasteiger partial charge in [-0.1, -0.05) is 0 Å². The van der Waals surface area contributed by atoms with Crippen LogP contribution in [-0.4, -0.2) is 38.8 Å². The molecule has 0 aromatic carbocycles. The molecule has 4 nitrogen and oxygen atoms in total. The maximum atomic E-state index is 12.0. The molecule has 1 aliphatic rings. The lowest BCUT2D eigenvalue weighted by Gasteiger charge is -2.16. The molecule has 2 N–H and O–H groups in total. The van der Waals surface area contributed by atoms with E-state index in [2.05, 4.69) is 32.6 Å². The molecule has 18 heavy (non-hydrogen) atoms. The number of carbonyl (C=O) groups excluding carboxylic acids is 1. The Labute approximate surface area is 119 Å². The summed E-state index contributed by atoms with van der Waals surface area (Å²) < 4.78 is 6.45.